The molecule has 0 amide bonds. The molecule has 2 aromatic rings. The molecule has 4 heteroatoms. The van der Waals surface area contributed by atoms with Crippen LogP contribution in [0.25, 0.3) is 0 Å². The number of halogens is 1. The summed E-state index contributed by atoms with van der Waals surface area (Å²) in [6.45, 7) is 0.538. The zero-order valence-corrected chi connectivity index (χ0v) is 11.7. The van der Waals surface area contributed by atoms with Gasteiger partial charge in [-0.2, -0.15) is 0 Å². The Hall–Kier alpha value is -2.51. The third kappa shape index (κ3) is 4.23. The van der Waals surface area contributed by atoms with Crippen molar-refractivity contribution in [2.45, 2.75) is 6.61 Å². The molecule has 0 fully saturated rings. The van der Waals surface area contributed by atoms with Crippen molar-refractivity contribution in [1.82, 2.24) is 0 Å². The van der Waals surface area contributed by atoms with E-state index < -0.39 is 0 Å². The lowest BCUT2D eigenvalue weighted by Crippen LogP contribution is -2.00. The second-order valence-electron chi connectivity index (χ2n) is 4.27. The summed E-state index contributed by atoms with van der Waals surface area (Å²) in [5.74, 6) is 6.72. The maximum Gasteiger partial charge on any atom is 0.124 e. The van der Waals surface area contributed by atoms with Crippen LogP contribution in [0.1, 0.15) is 11.1 Å². The van der Waals surface area contributed by atoms with Crippen molar-refractivity contribution in [1.29, 1.82) is 0 Å². The van der Waals surface area contributed by atoms with Gasteiger partial charge in [-0.05, 0) is 36.4 Å². The monoisotopic (exact) mass is 285 g/mol. The zero-order valence-electron chi connectivity index (χ0n) is 11.7. The summed E-state index contributed by atoms with van der Waals surface area (Å²) in [6, 6.07) is 11.7. The van der Waals surface area contributed by atoms with Crippen molar-refractivity contribution < 1.29 is 13.9 Å². The summed E-state index contributed by atoms with van der Waals surface area (Å²) in [6.07, 6.45) is 0. The van der Waals surface area contributed by atoms with Gasteiger partial charge in [-0.15, -0.1) is 0 Å². The number of methoxy groups -OCH3 is 1. The van der Waals surface area contributed by atoms with E-state index in [2.05, 4.69) is 11.8 Å². The molecule has 0 heterocycles. The Kier molecular flexibility index (Phi) is 5.19. The largest absolute Gasteiger partial charge is 0.497 e. The van der Waals surface area contributed by atoms with Crippen LogP contribution in [-0.4, -0.2) is 13.7 Å². The lowest BCUT2D eigenvalue weighted by Gasteiger charge is -2.09. The van der Waals surface area contributed by atoms with Gasteiger partial charge in [0, 0.05) is 11.1 Å². The number of rotatable bonds is 4. The molecule has 3 nitrogen and oxygen atoms in total. The highest BCUT2D eigenvalue weighted by Crippen LogP contribution is 2.19. The van der Waals surface area contributed by atoms with E-state index in [1.165, 1.54) is 12.1 Å². The third-order valence-corrected chi connectivity index (χ3v) is 2.85. The van der Waals surface area contributed by atoms with Crippen LogP contribution >= 0.6 is 0 Å². The van der Waals surface area contributed by atoms with Gasteiger partial charge in [-0.25, -0.2) is 4.39 Å². The van der Waals surface area contributed by atoms with E-state index in [9.17, 15) is 4.39 Å². The molecule has 108 valence electrons. The van der Waals surface area contributed by atoms with Gasteiger partial charge in [0.05, 0.1) is 13.7 Å². The van der Waals surface area contributed by atoms with Crippen LogP contribution in [0.4, 0.5) is 4.39 Å². The Balaban J connectivity index is 2.11. The van der Waals surface area contributed by atoms with Crippen LogP contribution < -0.4 is 15.2 Å². The van der Waals surface area contributed by atoms with Gasteiger partial charge in [0.25, 0.3) is 0 Å². The summed E-state index contributed by atoms with van der Waals surface area (Å²) < 4.78 is 24.0. The molecule has 21 heavy (non-hydrogen) atoms. The Morgan fingerprint density at radius 2 is 1.81 bits per heavy atom. The van der Waals surface area contributed by atoms with Gasteiger partial charge in [0.1, 0.15) is 23.9 Å². The van der Waals surface area contributed by atoms with Crippen LogP contribution in [0, 0.1) is 17.7 Å². The van der Waals surface area contributed by atoms with Gasteiger partial charge in [0.2, 0.25) is 0 Å². The van der Waals surface area contributed by atoms with E-state index in [1.807, 2.05) is 24.3 Å². The molecule has 2 aromatic carbocycles. The van der Waals surface area contributed by atoms with Crippen LogP contribution in [0.3, 0.4) is 0 Å². The molecule has 0 bridgehead atoms. The summed E-state index contributed by atoms with van der Waals surface area (Å²) in [5, 5.41) is 0. The lowest BCUT2D eigenvalue weighted by molar-refractivity contribution is 0.305. The van der Waals surface area contributed by atoms with Crippen molar-refractivity contribution in [2.75, 3.05) is 13.7 Å². The fraction of sp³-hybridized carbons (Fsp3) is 0.176. The average Bonchev–Trinajstić information content (AvgIpc) is 2.52. The molecule has 0 aliphatic heterocycles. The summed E-state index contributed by atoms with van der Waals surface area (Å²) in [7, 11) is 1.61. The van der Waals surface area contributed by atoms with Crippen LogP contribution in [0.15, 0.2) is 42.5 Å². The fourth-order valence-corrected chi connectivity index (χ4v) is 1.77. The quantitative estimate of drug-likeness (QED) is 0.878. The Morgan fingerprint density at radius 1 is 1.10 bits per heavy atom. The average molecular weight is 285 g/mol. The Bertz CT molecular complexity index is 657. The number of hydrogen-bond donors (Lipinski definition) is 1. The molecule has 0 radical (unpaired) electrons. The zero-order chi connectivity index (χ0) is 15.1. The first-order valence-corrected chi connectivity index (χ1v) is 6.47. The van der Waals surface area contributed by atoms with Gasteiger partial charge in [-0.3, -0.25) is 0 Å². The standard InChI is InChI=1S/C17H16FNO2/c1-20-16-6-8-17(9-7-16)21-12-14-4-5-15(18)11-13(14)3-2-10-19/h4-9,11H,10,12,19H2,1H3. The van der Waals surface area contributed by atoms with E-state index in [-0.39, 0.29) is 12.4 Å². The summed E-state index contributed by atoms with van der Waals surface area (Å²) >= 11 is 0. The van der Waals surface area contributed by atoms with Crippen molar-refractivity contribution in [3.63, 3.8) is 0 Å². The van der Waals surface area contributed by atoms with Crippen LogP contribution in [0.5, 0.6) is 11.5 Å². The highest BCUT2D eigenvalue weighted by molar-refractivity contribution is 5.42. The normalized spacial score (nSPS) is 9.67. The van der Waals surface area contributed by atoms with Crippen molar-refractivity contribution in [3.05, 3.63) is 59.4 Å². The van der Waals surface area contributed by atoms with Crippen molar-refractivity contribution >= 4 is 0 Å². The number of hydrogen-bond acceptors (Lipinski definition) is 3. The highest BCUT2D eigenvalue weighted by atomic mass is 19.1. The van der Waals surface area contributed by atoms with E-state index in [0.29, 0.717) is 17.9 Å². The van der Waals surface area contributed by atoms with Crippen molar-refractivity contribution in [3.8, 4) is 23.3 Å². The molecule has 0 aliphatic rings. The molecule has 2 N–H and O–H groups in total. The molecule has 0 saturated carbocycles. The molecule has 0 spiro atoms. The SMILES string of the molecule is COc1ccc(OCc2ccc(F)cc2C#CCN)cc1. The van der Waals surface area contributed by atoms with E-state index in [4.69, 9.17) is 15.2 Å². The predicted octanol–water partition coefficient (Wildman–Crippen LogP) is 2.72. The predicted molar refractivity (Wildman–Crippen MR) is 79.7 cm³/mol. The highest BCUT2D eigenvalue weighted by Gasteiger charge is 2.04. The van der Waals surface area contributed by atoms with E-state index in [0.717, 1.165) is 11.3 Å². The first-order chi connectivity index (χ1) is 10.2. The number of nitrogens with two attached hydrogens (primary N) is 1. The minimum Gasteiger partial charge on any atom is -0.497 e. The molecule has 2 rings (SSSR count). The molecule has 0 unspecified atom stereocenters. The Morgan fingerprint density at radius 3 is 2.48 bits per heavy atom. The first kappa shape index (κ1) is 14.9. The molecule has 0 saturated heterocycles. The Labute approximate surface area is 123 Å². The minimum absolute atomic E-state index is 0.231. The topological polar surface area (TPSA) is 44.5 Å². The second kappa shape index (κ2) is 7.32. The summed E-state index contributed by atoms with van der Waals surface area (Å²) in [4.78, 5) is 0. The number of benzene rings is 2. The third-order valence-electron chi connectivity index (χ3n) is 2.85. The molecular weight excluding hydrogens is 269 g/mol. The maximum atomic E-state index is 13.3. The molecule has 0 atom stereocenters. The van der Waals surface area contributed by atoms with Crippen molar-refractivity contribution in [2.24, 2.45) is 5.73 Å². The molecule has 0 aliphatic carbocycles. The minimum atomic E-state index is -0.329. The number of ether oxygens (including phenoxy) is 2. The first-order valence-electron chi connectivity index (χ1n) is 6.47. The van der Waals surface area contributed by atoms with Crippen LogP contribution in [0.2, 0.25) is 0 Å². The molecular formula is C17H16FNO2. The van der Waals surface area contributed by atoms with Gasteiger partial charge >= 0.3 is 0 Å². The molecule has 0 aromatic heterocycles. The summed E-state index contributed by atoms with van der Waals surface area (Å²) in [5.41, 5.74) is 6.75. The smallest absolute Gasteiger partial charge is 0.124 e. The lowest BCUT2D eigenvalue weighted by atomic mass is 10.1. The van der Waals surface area contributed by atoms with Crippen LogP contribution in [-0.2, 0) is 6.61 Å². The van der Waals surface area contributed by atoms with E-state index >= 15 is 0 Å². The van der Waals surface area contributed by atoms with E-state index in [1.54, 1.807) is 13.2 Å². The van der Waals surface area contributed by atoms with Gasteiger partial charge in [-0.1, -0.05) is 17.9 Å². The maximum absolute atomic E-state index is 13.3. The van der Waals surface area contributed by atoms with Gasteiger partial charge in [0.15, 0.2) is 0 Å². The van der Waals surface area contributed by atoms with Gasteiger partial charge < -0.3 is 15.2 Å². The second-order valence-corrected chi connectivity index (χ2v) is 4.27. The fourth-order valence-electron chi connectivity index (χ4n) is 1.77.